The van der Waals surface area contributed by atoms with Gasteiger partial charge in [-0.3, -0.25) is 9.59 Å². The number of ether oxygens (including phenoxy) is 1. The van der Waals surface area contributed by atoms with Gasteiger partial charge in [0, 0.05) is 12.8 Å². The summed E-state index contributed by atoms with van der Waals surface area (Å²) >= 11 is 0. The van der Waals surface area contributed by atoms with Gasteiger partial charge in [-0.15, -0.1) is 0 Å². The van der Waals surface area contributed by atoms with Gasteiger partial charge in [-0.05, 0) is 18.8 Å². The van der Waals surface area contributed by atoms with Crippen LogP contribution in [0.5, 0.6) is 0 Å². The molecule has 1 N–H and O–H groups in total. The standard InChI is InChI=1S/C10H18O4/c1-4-14-10(13)6-8(7(2)3)5-9(11)12/h7-8H,4-6H2,1-3H3,(H,11,12). The fraction of sp³-hybridized carbons (Fsp3) is 0.800. The predicted molar refractivity (Wildman–Crippen MR) is 51.8 cm³/mol. The summed E-state index contributed by atoms with van der Waals surface area (Å²) in [6.45, 7) is 5.90. The van der Waals surface area contributed by atoms with Crippen molar-refractivity contribution in [3.63, 3.8) is 0 Å². The predicted octanol–water partition coefficient (Wildman–Crippen LogP) is 1.69. The highest BCUT2D eigenvalue weighted by molar-refractivity contribution is 5.72. The van der Waals surface area contributed by atoms with Gasteiger partial charge in [-0.1, -0.05) is 13.8 Å². The van der Waals surface area contributed by atoms with Crippen molar-refractivity contribution in [1.29, 1.82) is 0 Å². The van der Waals surface area contributed by atoms with Crippen molar-refractivity contribution in [3.8, 4) is 0 Å². The van der Waals surface area contributed by atoms with Crippen LogP contribution in [0.15, 0.2) is 0 Å². The molecule has 1 atom stereocenters. The minimum absolute atomic E-state index is 0.0243. The van der Waals surface area contributed by atoms with Crippen LogP contribution < -0.4 is 0 Å². The maximum Gasteiger partial charge on any atom is 0.306 e. The van der Waals surface area contributed by atoms with Gasteiger partial charge in [-0.2, -0.15) is 0 Å². The lowest BCUT2D eigenvalue weighted by atomic mass is 9.89. The first-order valence-electron chi connectivity index (χ1n) is 4.84. The lowest BCUT2D eigenvalue weighted by Crippen LogP contribution is -2.19. The Hall–Kier alpha value is -1.06. The number of carboxylic acid groups (broad SMARTS) is 1. The zero-order valence-corrected chi connectivity index (χ0v) is 8.95. The Balaban J connectivity index is 4.09. The molecule has 0 aliphatic carbocycles. The van der Waals surface area contributed by atoms with E-state index in [1.54, 1.807) is 6.92 Å². The van der Waals surface area contributed by atoms with Crippen LogP contribution in [-0.2, 0) is 14.3 Å². The van der Waals surface area contributed by atoms with Crippen LogP contribution in [0.1, 0.15) is 33.6 Å². The fourth-order valence-electron chi connectivity index (χ4n) is 1.20. The number of carboxylic acids is 1. The zero-order chi connectivity index (χ0) is 11.1. The van der Waals surface area contributed by atoms with E-state index in [2.05, 4.69) is 0 Å². The van der Waals surface area contributed by atoms with Gasteiger partial charge in [0.25, 0.3) is 0 Å². The van der Waals surface area contributed by atoms with Crippen LogP contribution >= 0.6 is 0 Å². The van der Waals surface area contributed by atoms with Crippen molar-refractivity contribution in [2.75, 3.05) is 6.61 Å². The molecule has 0 radical (unpaired) electrons. The second kappa shape index (κ2) is 6.40. The number of hydrogen-bond donors (Lipinski definition) is 1. The van der Waals surface area contributed by atoms with Crippen LogP contribution in [0.25, 0.3) is 0 Å². The SMILES string of the molecule is CCOC(=O)CC(CC(=O)O)C(C)C. The Morgan fingerprint density at radius 2 is 1.86 bits per heavy atom. The van der Waals surface area contributed by atoms with Gasteiger partial charge in [0.2, 0.25) is 0 Å². The minimum atomic E-state index is -0.868. The van der Waals surface area contributed by atoms with Crippen LogP contribution in [-0.4, -0.2) is 23.7 Å². The van der Waals surface area contributed by atoms with Gasteiger partial charge in [0.15, 0.2) is 0 Å². The highest BCUT2D eigenvalue weighted by Gasteiger charge is 2.20. The van der Waals surface area contributed by atoms with Crippen LogP contribution in [0, 0.1) is 11.8 Å². The molecule has 0 aliphatic rings. The molecule has 4 heteroatoms. The zero-order valence-electron chi connectivity index (χ0n) is 8.95. The molecule has 0 aromatic carbocycles. The van der Waals surface area contributed by atoms with E-state index in [1.807, 2.05) is 13.8 Å². The molecule has 0 aromatic heterocycles. The number of carbonyl (C=O) groups excluding carboxylic acids is 1. The summed E-state index contributed by atoms with van der Waals surface area (Å²) in [7, 11) is 0. The molecular formula is C10H18O4. The van der Waals surface area contributed by atoms with Gasteiger partial charge in [0.1, 0.15) is 0 Å². The lowest BCUT2D eigenvalue weighted by Gasteiger charge is -2.17. The van der Waals surface area contributed by atoms with Gasteiger partial charge >= 0.3 is 11.9 Å². The number of aliphatic carboxylic acids is 1. The van der Waals surface area contributed by atoms with E-state index in [0.717, 1.165) is 0 Å². The first-order valence-corrected chi connectivity index (χ1v) is 4.84. The molecule has 0 amide bonds. The molecule has 4 nitrogen and oxygen atoms in total. The highest BCUT2D eigenvalue weighted by atomic mass is 16.5. The van der Waals surface area contributed by atoms with E-state index >= 15 is 0 Å². The fourth-order valence-corrected chi connectivity index (χ4v) is 1.20. The molecule has 0 bridgehead atoms. The first-order chi connectivity index (χ1) is 6.47. The van der Waals surface area contributed by atoms with Gasteiger partial charge in [0.05, 0.1) is 6.61 Å². The summed E-state index contributed by atoms with van der Waals surface area (Å²) in [6, 6.07) is 0. The monoisotopic (exact) mass is 202 g/mol. The van der Waals surface area contributed by atoms with Crippen molar-refractivity contribution in [1.82, 2.24) is 0 Å². The molecular weight excluding hydrogens is 184 g/mol. The maximum atomic E-state index is 11.1. The van der Waals surface area contributed by atoms with Crippen molar-refractivity contribution in [2.45, 2.75) is 33.6 Å². The van der Waals surface area contributed by atoms with E-state index in [4.69, 9.17) is 9.84 Å². The summed E-state index contributed by atoms with van der Waals surface area (Å²) in [4.78, 5) is 21.6. The average Bonchev–Trinajstić information content (AvgIpc) is 2.02. The molecule has 0 heterocycles. The van der Waals surface area contributed by atoms with Crippen LogP contribution in [0.2, 0.25) is 0 Å². The molecule has 0 aromatic rings. The van der Waals surface area contributed by atoms with Crippen LogP contribution in [0.4, 0.5) is 0 Å². The third-order valence-electron chi connectivity index (χ3n) is 2.11. The molecule has 14 heavy (non-hydrogen) atoms. The normalized spacial score (nSPS) is 12.6. The van der Waals surface area contributed by atoms with Gasteiger partial charge in [-0.25, -0.2) is 0 Å². The summed E-state index contributed by atoms with van der Waals surface area (Å²) in [6.07, 6.45) is 0.217. The quantitative estimate of drug-likeness (QED) is 0.666. The van der Waals surface area contributed by atoms with E-state index in [9.17, 15) is 9.59 Å². The Bertz CT molecular complexity index is 198. The molecule has 1 unspecified atom stereocenters. The average molecular weight is 202 g/mol. The molecule has 0 aliphatic heterocycles. The van der Waals surface area contributed by atoms with E-state index in [0.29, 0.717) is 6.61 Å². The van der Waals surface area contributed by atoms with Crippen molar-refractivity contribution >= 4 is 11.9 Å². The highest BCUT2D eigenvalue weighted by Crippen LogP contribution is 2.19. The third-order valence-corrected chi connectivity index (χ3v) is 2.11. The Kier molecular flexibility index (Phi) is 5.92. The third kappa shape index (κ3) is 5.56. The minimum Gasteiger partial charge on any atom is -0.481 e. The molecule has 0 saturated heterocycles. The number of rotatable bonds is 6. The van der Waals surface area contributed by atoms with Crippen molar-refractivity contribution in [3.05, 3.63) is 0 Å². The summed E-state index contributed by atoms with van der Waals surface area (Å²) in [5.41, 5.74) is 0. The molecule has 82 valence electrons. The molecule has 0 fully saturated rings. The van der Waals surface area contributed by atoms with Crippen molar-refractivity contribution < 1.29 is 19.4 Å². The summed E-state index contributed by atoms with van der Waals surface area (Å²) < 4.78 is 4.77. The number of carbonyl (C=O) groups is 2. The van der Waals surface area contributed by atoms with E-state index in [1.165, 1.54) is 0 Å². The van der Waals surface area contributed by atoms with E-state index in [-0.39, 0.29) is 30.6 Å². The largest absolute Gasteiger partial charge is 0.481 e. The Labute approximate surface area is 84.3 Å². The second-order valence-electron chi connectivity index (χ2n) is 3.61. The topological polar surface area (TPSA) is 63.6 Å². The number of esters is 1. The van der Waals surface area contributed by atoms with E-state index < -0.39 is 5.97 Å². The second-order valence-corrected chi connectivity index (χ2v) is 3.61. The molecule has 0 spiro atoms. The Morgan fingerprint density at radius 3 is 2.21 bits per heavy atom. The smallest absolute Gasteiger partial charge is 0.306 e. The molecule has 0 saturated carbocycles. The summed E-state index contributed by atoms with van der Waals surface area (Å²) in [5, 5.41) is 8.62. The first kappa shape index (κ1) is 12.9. The lowest BCUT2D eigenvalue weighted by molar-refractivity contribution is -0.145. The van der Waals surface area contributed by atoms with Gasteiger partial charge < -0.3 is 9.84 Å². The Morgan fingerprint density at radius 1 is 1.29 bits per heavy atom. The molecule has 0 rings (SSSR count). The maximum absolute atomic E-state index is 11.1. The van der Waals surface area contributed by atoms with Crippen LogP contribution in [0.3, 0.4) is 0 Å². The summed E-state index contributed by atoms with van der Waals surface area (Å²) in [5.74, 6) is -1.14. The van der Waals surface area contributed by atoms with Crippen molar-refractivity contribution in [2.24, 2.45) is 11.8 Å². The number of hydrogen-bond acceptors (Lipinski definition) is 3.